The van der Waals surface area contributed by atoms with Gasteiger partial charge in [-0.25, -0.2) is 0 Å². The highest BCUT2D eigenvalue weighted by Crippen LogP contribution is 2.39. The van der Waals surface area contributed by atoms with Crippen LogP contribution in [0.25, 0.3) is 0 Å². The van der Waals surface area contributed by atoms with Crippen LogP contribution in [0, 0.1) is 0 Å². The lowest BCUT2D eigenvalue weighted by Crippen LogP contribution is -2.36. The lowest BCUT2D eigenvalue weighted by atomic mass is 10.0. The minimum Gasteiger partial charge on any atom is -0.291 e. The van der Waals surface area contributed by atoms with Gasteiger partial charge in [-0.05, 0) is 12.8 Å². The predicted molar refractivity (Wildman–Crippen MR) is 101 cm³/mol. The molecule has 0 amide bonds. The Balaban J connectivity index is 3.55. The molecule has 0 aliphatic heterocycles. The molecular formula is C16H27Cl5O. The van der Waals surface area contributed by atoms with E-state index < -0.39 is 13.9 Å². The first-order chi connectivity index (χ1) is 10.2. The Labute approximate surface area is 160 Å². The standard InChI is InChI=1S/C16H27Cl5O/c1-2-3-4-5-6-7-8-9-10-11-12-13-15(17,18)14(22)16(19,20)21/h2-13H2,1H3. The number of hydrogen-bond donors (Lipinski definition) is 0. The third-order valence-electron chi connectivity index (χ3n) is 3.68. The number of Topliss-reactive ketones (excluding diaryl/α,β-unsaturated/α-hetero) is 1. The molecule has 0 spiro atoms. The third-order valence-corrected chi connectivity index (χ3v) is 4.92. The van der Waals surface area contributed by atoms with Crippen LogP contribution < -0.4 is 0 Å². The van der Waals surface area contributed by atoms with Crippen molar-refractivity contribution in [3.63, 3.8) is 0 Å². The smallest absolute Gasteiger partial charge is 0.251 e. The maximum Gasteiger partial charge on any atom is 0.251 e. The fraction of sp³-hybridized carbons (Fsp3) is 0.938. The van der Waals surface area contributed by atoms with Crippen LogP contribution in [0.5, 0.6) is 0 Å². The van der Waals surface area contributed by atoms with E-state index in [9.17, 15) is 4.79 Å². The molecule has 0 unspecified atom stereocenters. The van der Waals surface area contributed by atoms with Gasteiger partial charge in [0.1, 0.15) is 0 Å². The fourth-order valence-electron chi connectivity index (χ4n) is 2.33. The van der Waals surface area contributed by atoms with Crippen LogP contribution in [-0.2, 0) is 4.79 Å². The van der Waals surface area contributed by atoms with Crippen LogP contribution >= 0.6 is 58.0 Å². The summed E-state index contributed by atoms with van der Waals surface area (Å²) in [5, 5.41) is 0. The number of hydrogen-bond acceptors (Lipinski definition) is 1. The Kier molecular flexibility index (Phi) is 13.1. The zero-order chi connectivity index (χ0) is 17.1. The van der Waals surface area contributed by atoms with E-state index in [0.717, 1.165) is 19.3 Å². The SMILES string of the molecule is CCCCCCCCCCCCCC(Cl)(Cl)C(=O)C(Cl)(Cl)Cl. The number of ketones is 1. The first-order valence-corrected chi connectivity index (χ1v) is 10.1. The van der Waals surface area contributed by atoms with Crippen molar-refractivity contribution in [3.8, 4) is 0 Å². The summed E-state index contributed by atoms with van der Waals surface area (Å²) in [5.41, 5.74) is 0. The second kappa shape index (κ2) is 12.5. The minimum absolute atomic E-state index is 0.319. The molecule has 0 atom stereocenters. The maximum atomic E-state index is 11.7. The molecule has 0 heterocycles. The van der Waals surface area contributed by atoms with Gasteiger partial charge in [0.15, 0.2) is 4.33 Å². The molecular weight excluding hydrogens is 385 g/mol. The summed E-state index contributed by atoms with van der Waals surface area (Å²) in [6.07, 6.45) is 13.7. The Morgan fingerprint density at radius 1 is 0.682 bits per heavy atom. The van der Waals surface area contributed by atoms with Gasteiger partial charge in [-0.2, -0.15) is 0 Å². The van der Waals surface area contributed by atoms with E-state index in [-0.39, 0.29) is 0 Å². The van der Waals surface area contributed by atoms with Crippen molar-refractivity contribution in [2.75, 3.05) is 0 Å². The van der Waals surface area contributed by atoms with Crippen molar-refractivity contribution in [2.45, 2.75) is 92.1 Å². The first-order valence-electron chi connectivity index (χ1n) is 8.21. The van der Waals surface area contributed by atoms with Gasteiger partial charge in [0.2, 0.25) is 5.78 Å². The van der Waals surface area contributed by atoms with Crippen LogP contribution in [-0.4, -0.2) is 13.9 Å². The van der Waals surface area contributed by atoms with Crippen molar-refractivity contribution in [1.29, 1.82) is 0 Å². The molecule has 0 aromatic heterocycles. The number of carbonyl (C=O) groups excluding carboxylic acids is 1. The number of carbonyl (C=O) groups is 1. The fourth-order valence-corrected chi connectivity index (χ4v) is 3.66. The molecule has 6 heteroatoms. The highest BCUT2D eigenvalue weighted by molar-refractivity contribution is 6.80. The Bertz CT molecular complexity index is 299. The second-order valence-electron chi connectivity index (χ2n) is 5.82. The highest BCUT2D eigenvalue weighted by atomic mass is 35.6. The summed E-state index contributed by atoms with van der Waals surface area (Å²) in [6.45, 7) is 2.23. The molecule has 0 N–H and O–H groups in total. The van der Waals surface area contributed by atoms with Crippen molar-refractivity contribution in [1.82, 2.24) is 0 Å². The zero-order valence-electron chi connectivity index (χ0n) is 13.3. The summed E-state index contributed by atoms with van der Waals surface area (Å²) in [5.74, 6) is -0.764. The van der Waals surface area contributed by atoms with E-state index in [1.165, 1.54) is 51.4 Å². The van der Waals surface area contributed by atoms with Gasteiger partial charge in [0.05, 0.1) is 0 Å². The molecule has 0 bridgehead atoms. The average molecular weight is 413 g/mol. The quantitative estimate of drug-likeness (QED) is 0.223. The summed E-state index contributed by atoms with van der Waals surface area (Å²) < 4.78 is -3.66. The summed E-state index contributed by atoms with van der Waals surface area (Å²) in [7, 11) is 0. The average Bonchev–Trinajstić information content (AvgIpc) is 2.43. The summed E-state index contributed by atoms with van der Waals surface area (Å²) in [6, 6.07) is 0. The van der Waals surface area contributed by atoms with Crippen LogP contribution in [0.4, 0.5) is 0 Å². The van der Waals surface area contributed by atoms with Crippen LogP contribution in [0.2, 0.25) is 0 Å². The van der Waals surface area contributed by atoms with Gasteiger partial charge in [-0.1, -0.05) is 129 Å². The first kappa shape index (κ1) is 23.1. The summed E-state index contributed by atoms with van der Waals surface area (Å²) in [4.78, 5) is 11.7. The third kappa shape index (κ3) is 11.6. The van der Waals surface area contributed by atoms with E-state index in [1.54, 1.807) is 0 Å². The van der Waals surface area contributed by atoms with Gasteiger partial charge < -0.3 is 0 Å². The topological polar surface area (TPSA) is 17.1 Å². The number of halogens is 5. The van der Waals surface area contributed by atoms with E-state index in [2.05, 4.69) is 6.92 Å². The van der Waals surface area contributed by atoms with Gasteiger partial charge in [0, 0.05) is 0 Å². The second-order valence-corrected chi connectivity index (χ2v) is 9.58. The van der Waals surface area contributed by atoms with Crippen LogP contribution in [0.1, 0.15) is 84.0 Å². The van der Waals surface area contributed by atoms with E-state index in [1.807, 2.05) is 0 Å². The number of unbranched alkanes of at least 4 members (excludes halogenated alkanes) is 10. The summed E-state index contributed by atoms with van der Waals surface area (Å²) >= 11 is 28.5. The lowest BCUT2D eigenvalue weighted by Gasteiger charge is -2.22. The largest absolute Gasteiger partial charge is 0.291 e. The van der Waals surface area contributed by atoms with Crippen molar-refractivity contribution in [2.24, 2.45) is 0 Å². The number of rotatable bonds is 13. The zero-order valence-corrected chi connectivity index (χ0v) is 17.1. The molecule has 0 aromatic rings. The molecule has 22 heavy (non-hydrogen) atoms. The molecule has 0 fully saturated rings. The Hall–Kier alpha value is 1.12. The van der Waals surface area contributed by atoms with Gasteiger partial charge >= 0.3 is 0 Å². The van der Waals surface area contributed by atoms with Gasteiger partial charge in [-0.15, -0.1) is 0 Å². The molecule has 1 nitrogen and oxygen atoms in total. The molecule has 132 valence electrons. The molecule has 0 saturated heterocycles. The van der Waals surface area contributed by atoms with E-state index in [4.69, 9.17) is 58.0 Å². The van der Waals surface area contributed by atoms with E-state index >= 15 is 0 Å². The molecule has 0 aliphatic carbocycles. The molecule has 0 saturated carbocycles. The van der Waals surface area contributed by atoms with Crippen molar-refractivity contribution in [3.05, 3.63) is 0 Å². The number of alkyl halides is 5. The highest BCUT2D eigenvalue weighted by Gasteiger charge is 2.45. The molecule has 0 aliphatic rings. The molecule has 0 radical (unpaired) electrons. The minimum atomic E-state index is -2.05. The monoisotopic (exact) mass is 410 g/mol. The maximum absolute atomic E-state index is 11.7. The van der Waals surface area contributed by atoms with Gasteiger partial charge in [-0.3, -0.25) is 4.79 Å². The normalized spacial score (nSPS) is 12.6. The molecule has 0 aromatic carbocycles. The van der Waals surface area contributed by atoms with E-state index in [0.29, 0.717) is 6.42 Å². The predicted octanol–water partition coefficient (Wildman–Crippen LogP) is 7.80. The Morgan fingerprint density at radius 3 is 1.41 bits per heavy atom. The van der Waals surface area contributed by atoms with Crippen LogP contribution in [0.15, 0.2) is 0 Å². The molecule has 0 rings (SSSR count). The van der Waals surface area contributed by atoms with Crippen molar-refractivity contribution < 1.29 is 4.79 Å². The van der Waals surface area contributed by atoms with Crippen LogP contribution in [0.3, 0.4) is 0 Å². The van der Waals surface area contributed by atoms with Crippen molar-refractivity contribution >= 4 is 63.8 Å². The lowest BCUT2D eigenvalue weighted by molar-refractivity contribution is -0.119. The Morgan fingerprint density at radius 2 is 1.05 bits per heavy atom. The van der Waals surface area contributed by atoms with Gasteiger partial charge in [0.25, 0.3) is 3.79 Å².